The van der Waals surface area contributed by atoms with Crippen LogP contribution in [0.25, 0.3) is 0 Å². The summed E-state index contributed by atoms with van der Waals surface area (Å²) in [7, 11) is -4.61. The van der Waals surface area contributed by atoms with Crippen molar-refractivity contribution >= 4 is 10.4 Å². The summed E-state index contributed by atoms with van der Waals surface area (Å²) in [4.78, 5) is 0. The third kappa shape index (κ3) is 3.41. The van der Waals surface area contributed by atoms with E-state index in [0.717, 1.165) is 18.2 Å². The van der Waals surface area contributed by atoms with Gasteiger partial charge < -0.3 is 8.37 Å². The van der Waals surface area contributed by atoms with Crippen molar-refractivity contribution in [3.8, 4) is 11.5 Å². The Hall–Kier alpha value is -2.15. The summed E-state index contributed by atoms with van der Waals surface area (Å²) in [6.07, 6.45) is 0. The lowest BCUT2D eigenvalue weighted by molar-refractivity contribution is 0.369. The van der Waals surface area contributed by atoms with E-state index < -0.39 is 27.8 Å². The van der Waals surface area contributed by atoms with Crippen LogP contribution in [0, 0.1) is 11.6 Å². The van der Waals surface area contributed by atoms with Gasteiger partial charge in [0.25, 0.3) is 0 Å². The predicted molar refractivity (Wildman–Crippen MR) is 63.0 cm³/mol. The second-order valence-corrected chi connectivity index (χ2v) is 4.59. The molecule has 0 amide bonds. The maximum Gasteiger partial charge on any atom is 0.501 e. The quantitative estimate of drug-likeness (QED) is 0.867. The molecule has 0 aliphatic heterocycles. The summed E-state index contributed by atoms with van der Waals surface area (Å²) < 4.78 is 58.3. The molecule has 100 valence electrons. The van der Waals surface area contributed by atoms with Crippen LogP contribution in [0.2, 0.25) is 0 Å². The molecule has 0 aliphatic carbocycles. The van der Waals surface area contributed by atoms with Gasteiger partial charge in [0.05, 0.1) is 0 Å². The van der Waals surface area contributed by atoms with Crippen LogP contribution in [0.4, 0.5) is 8.78 Å². The molecule has 0 fully saturated rings. The Morgan fingerprint density at radius 3 is 1.95 bits per heavy atom. The van der Waals surface area contributed by atoms with Gasteiger partial charge in [-0.3, -0.25) is 0 Å². The molecule has 19 heavy (non-hydrogen) atoms. The first-order valence-electron chi connectivity index (χ1n) is 5.11. The number of benzene rings is 2. The van der Waals surface area contributed by atoms with Crippen LogP contribution in [0.5, 0.6) is 11.5 Å². The third-order valence-corrected chi connectivity index (χ3v) is 2.81. The van der Waals surface area contributed by atoms with Gasteiger partial charge in [0.1, 0.15) is 5.75 Å². The Balaban J connectivity index is 2.23. The molecule has 0 radical (unpaired) electrons. The molecule has 2 rings (SSSR count). The molecule has 2 aromatic rings. The van der Waals surface area contributed by atoms with Gasteiger partial charge in [0.15, 0.2) is 11.6 Å². The highest BCUT2D eigenvalue weighted by atomic mass is 32.3. The van der Waals surface area contributed by atoms with E-state index in [4.69, 9.17) is 0 Å². The molecule has 4 nitrogen and oxygen atoms in total. The fourth-order valence-corrected chi connectivity index (χ4v) is 2.02. The topological polar surface area (TPSA) is 52.6 Å². The van der Waals surface area contributed by atoms with E-state index in [1.807, 2.05) is 0 Å². The minimum atomic E-state index is -4.61. The molecular formula is C12H8F2O4S. The Bertz CT molecular complexity index is 651. The highest BCUT2D eigenvalue weighted by molar-refractivity contribution is 7.82. The number of rotatable bonds is 4. The van der Waals surface area contributed by atoms with Crippen LogP contribution in [0.15, 0.2) is 48.5 Å². The zero-order valence-corrected chi connectivity index (χ0v) is 10.2. The standard InChI is InChI=1S/C12H8F2O4S/c13-10-7-4-8-11(14)12(10)18-19(15,16)17-9-5-2-1-3-6-9/h1-8H. The predicted octanol–water partition coefficient (Wildman–Crippen LogP) is 2.67. The van der Waals surface area contributed by atoms with E-state index in [1.54, 1.807) is 6.07 Å². The van der Waals surface area contributed by atoms with Crippen molar-refractivity contribution in [1.82, 2.24) is 0 Å². The zero-order chi connectivity index (χ0) is 13.9. The van der Waals surface area contributed by atoms with Crippen LogP contribution >= 0.6 is 0 Å². The average molecular weight is 286 g/mol. The Morgan fingerprint density at radius 1 is 0.789 bits per heavy atom. The molecule has 2 aromatic carbocycles. The van der Waals surface area contributed by atoms with Crippen molar-refractivity contribution in [1.29, 1.82) is 0 Å². The Labute approximate surface area is 108 Å². The summed E-state index contributed by atoms with van der Waals surface area (Å²) in [5, 5.41) is 0. The molecular weight excluding hydrogens is 278 g/mol. The van der Waals surface area contributed by atoms with E-state index in [-0.39, 0.29) is 5.75 Å². The first kappa shape index (κ1) is 13.3. The van der Waals surface area contributed by atoms with Gasteiger partial charge >= 0.3 is 10.4 Å². The summed E-state index contributed by atoms with van der Waals surface area (Å²) >= 11 is 0. The van der Waals surface area contributed by atoms with Gasteiger partial charge in [-0.05, 0) is 24.3 Å². The first-order valence-corrected chi connectivity index (χ1v) is 6.44. The molecule has 0 saturated heterocycles. The van der Waals surface area contributed by atoms with Gasteiger partial charge in [0, 0.05) is 0 Å². The third-order valence-electron chi connectivity index (χ3n) is 2.05. The minimum absolute atomic E-state index is 0.0285. The molecule has 0 heterocycles. The van der Waals surface area contributed by atoms with Crippen molar-refractivity contribution in [3.05, 3.63) is 60.2 Å². The molecule has 0 aliphatic rings. The van der Waals surface area contributed by atoms with E-state index in [9.17, 15) is 17.2 Å². The van der Waals surface area contributed by atoms with Gasteiger partial charge in [-0.1, -0.05) is 24.3 Å². The second-order valence-electron chi connectivity index (χ2n) is 3.44. The van der Waals surface area contributed by atoms with Crippen LogP contribution in [-0.2, 0) is 10.4 Å². The summed E-state index contributed by atoms with van der Waals surface area (Å²) in [6, 6.07) is 10.3. The maximum atomic E-state index is 13.2. The lowest BCUT2D eigenvalue weighted by atomic mass is 10.3. The minimum Gasteiger partial charge on any atom is -0.353 e. The lowest BCUT2D eigenvalue weighted by Gasteiger charge is -2.08. The van der Waals surface area contributed by atoms with Crippen LogP contribution < -0.4 is 8.37 Å². The van der Waals surface area contributed by atoms with Crippen molar-refractivity contribution < 1.29 is 25.6 Å². The van der Waals surface area contributed by atoms with E-state index >= 15 is 0 Å². The summed E-state index contributed by atoms with van der Waals surface area (Å²) in [5.74, 6) is -3.34. The molecule has 0 unspecified atom stereocenters. The van der Waals surface area contributed by atoms with Crippen molar-refractivity contribution in [3.63, 3.8) is 0 Å². The van der Waals surface area contributed by atoms with Gasteiger partial charge in [-0.2, -0.15) is 0 Å². The van der Waals surface area contributed by atoms with Gasteiger partial charge in [0.2, 0.25) is 5.75 Å². The molecule has 0 saturated carbocycles. The van der Waals surface area contributed by atoms with Crippen molar-refractivity contribution in [2.75, 3.05) is 0 Å². The average Bonchev–Trinajstić information content (AvgIpc) is 2.35. The number of hydrogen-bond donors (Lipinski definition) is 0. The van der Waals surface area contributed by atoms with Crippen LogP contribution in [-0.4, -0.2) is 8.42 Å². The van der Waals surface area contributed by atoms with Gasteiger partial charge in [-0.15, -0.1) is 8.42 Å². The first-order chi connectivity index (χ1) is 8.98. The van der Waals surface area contributed by atoms with Crippen molar-refractivity contribution in [2.24, 2.45) is 0 Å². The molecule has 0 N–H and O–H groups in total. The number of para-hydroxylation sites is 2. The molecule has 0 aromatic heterocycles. The fraction of sp³-hybridized carbons (Fsp3) is 0. The second kappa shape index (κ2) is 5.23. The van der Waals surface area contributed by atoms with E-state index in [0.29, 0.717) is 0 Å². The maximum absolute atomic E-state index is 13.2. The Morgan fingerprint density at radius 2 is 1.37 bits per heavy atom. The Kier molecular flexibility index (Phi) is 3.66. The van der Waals surface area contributed by atoms with Gasteiger partial charge in [-0.25, -0.2) is 8.78 Å². The largest absolute Gasteiger partial charge is 0.501 e. The number of hydrogen-bond acceptors (Lipinski definition) is 4. The molecule has 7 heteroatoms. The smallest absolute Gasteiger partial charge is 0.353 e. The fourth-order valence-electron chi connectivity index (χ4n) is 1.28. The number of halogens is 2. The zero-order valence-electron chi connectivity index (χ0n) is 9.42. The molecule has 0 atom stereocenters. The van der Waals surface area contributed by atoms with Crippen LogP contribution in [0.1, 0.15) is 0 Å². The van der Waals surface area contributed by atoms with Crippen molar-refractivity contribution in [2.45, 2.75) is 0 Å². The molecule has 0 spiro atoms. The highest BCUT2D eigenvalue weighted by Gasteiger charge is 2.21. The highest BCUT2D eigenvalue weighted by Crippen LogP contribution is 2.23. The normalized spacial score (nSPS) is 11.1. The summed E-state index contributed by atoms with van der Waals surface area (Å²) in [6.45, 7) is 0. The van der Waals surface area contributed by atoms with E-state index in [1.165, 1.54) is 24.3 Å². The monoisotopic (exact) mass is 286 g/mol. The molecule has 0 bridgehead atoms. The summed E-state index contributed by atoms with van der Waals surface area (Å²) in [5.41, 5.74) is 0. The lowest BCUT2D eigenvalue weighted by Crippen LogP contribution is -2.17. The SMILES string of the molecule is O=S(=O)(Oc1ccccc1)Oc1c(F)cccc1F. The van der Waals surface area contributed by atoms with Crippen LogP contribution in [0.3, 0.4) is 0 Å². The van der Waals surface area contributed by atoms with E-state index in [2.05, 4.69) is 8.37 Å².